The average molecular weight is 435 g/mol. The van der Waals surface area contributed by atoms with Gasteiger partial charge < -0.3 is 10.3 Å². The molecule has 4 aromatic rings. The van der Waals surface area contributed by atoms with Crippen molar-refractivity contribution >= 4 is 22.3 Å². The number of hydrogen-bond acceptors (Lipinski definition) is 4. The Morgan fingerprint density at radius 3 is 2.58 bits per heavy atom. The summed E-state index contributed by atoms with van der Waals surface area (Å²) < 4.78 is 0. The number of carbonyl (C=O) groups excluding carboxylic acids is 1. The van der Waals surface area contributed by atoms with Gasteiger partial charge in [-0.1, -0.05) is 48.5 Å². The first-order chi connectivity index (χ1) is 16.2. The van der Waals surface area contributed by atoms with Crippen molar-refractivity contribution in [3.63, 3.8) is 0 Å². The number of nitrogens with one attached hydrogen (secondary N) is 2. The summed E-state index contributed by atoms with van der Waals surface area (Å²) in [5.41, 5.74) is 6.34. The highest BCUT2D eigenvalue weighted by atomic mass is 16.1. The number of benzene rings is 2. The van der Waals surface area contributed by atoms with Crippen LogP contribution in [0, 0.1) is 0 Å². The Morgan fingerprint density at radius 2 is 1.79 bits per heavy atom. The number of ketones is 1. The number of H-pyrrole nitrogens is 1. The molecule has 33 heavy (non-hydrogen) atoms. The van der Waals surface area contributed by atoms with Gasteiger partial charge in [-0.15, -0.1) is 0 Å². The molecule has 0 spiro atoms. The maximum absolute atomic E-state index is 12.8. The molecular formula is C28H26N4O. The summed E-state index contributed by atoms with van der Waals surface area (Å²) in [6, 6.07) is 20.4. The molecule has 2 aromatic carbocycles. The van der Waals surface area contributed by atoms with E-state index in [2.05, 4.69) is 62.9 Å². The molecule has 0 radical (unpaired) electrons. The number of fused-ring (bicyclic) bond motifs is 1. The van der Waals surface area contributed by atoms with Gasteiger partial charge in [0.05, 0.1) is 5.92 Å². The molecule has 0 saturated carbocycles. The van der Waals surface area contributed by atoms with Crippen LogP contribution in [0.5, 0.6) is 0 Å². The van der Waals surface area contributed by atoms with Crippen molar-refractivity contribution in [2.24, 2.45) is 0 Å². The number of Topliss-reactive ketones (excluding diaryl/α,β-unsaturated/α-hetero) is 1. The second-order valence-electron chi connectivity index (χ2n) is 8.32. The lowest BCUT2D eigenvalue weighted by atomic mass is 9.80. The topological polar surface area (TPSA) is 70.7 Å². The maximum Gasteiger partial charge on any atom is 0.158 e. The number of carbonyl (C=O) groups is 1. The van der Waals surface area contributed by atoms with Gasteiger partial charge in [-0.3, -0.25) is 4.79 Å². The van der Waals surface area contributed by atoms with E-state index in [4.69, 9.17) is 0 Å². The predicted octanol–water partition coefficient (Wildman–Crippen LogP) is 5.20. The van der Waals surface area contributed by atoms with E-state index in [9.17, 15) is 4.79 Å². The molecule has 2 N–H and O–H groups in total. The number of para-hydroxylation sites is 1. The van der Waals surface area contributed by atoms with Gasteiger partial charge in [0.1, 0.15) is 5.82 Å². The summed E-state index contributed by atoms with van der Waals surface area (Å²) in [6.07, 6.45) is 9.21. The van der Waals surface area contributed by atoms with Gasteiger partial charge in [0.15, 0.2) is 5.78 Å². The van der Waals surface area contributed by atoms with E-state index in [-0.39, 0.29) is 11.7 Å². The summed E-state index contributed by atoms with van der Waals surface area (Å²) in [5.74, 6) is 0.546. The standard InChI is InChI=1S/C28H26N4O/c1-19(33)27-24(28-30-13-7-14-31-28)16-22(20-8-3-2-4-9-20)17-26(27)29-15-12-21-18-32-25-11-6-5-10-23(21)25/h2-11,13-14,17-18,24,29,32H,12,15-16H2,1H3. The number of aromatic amines is 1. The highest BCUT2D eigenvalue weighted by molar-refractivity contribution is 5.97. The molecule has 0 aliphatic heterocycles. The lowest BCUT2D eigenvalue weighted by Gasteiger charge is -2.27. The smallest absolute Gasteiger partial charge is 0.158 e. The maximum atomic E-state index is 12.8. The number of allylic oxidation sites excluding steroid dienone is 3. The summed E-state index contributed by atoms with van der Waals surface area (Å²) in [4.78, 5) is 25.1. The molecular weight excluding hydrogens is 408 g/mol. The van der Waals surface area contributed by atoms with Gasteiger partial charge in [0.2, 0.25) is 0 Å². The normalized spacial score (nSPS) is 16.0. The van der Waals surface area contributed by atoms with Crippen LogP contribution in [0.2, 0.25) is 0 Å². The predicted molar refractivity (Wildman–Crippen MR) is 132 cm³/mol. The zero-order valence-corrected chi connectivity index (χ0v) is 18.6. The van der Waals surface area contributed by atoms with Crippen molar-refractivity contribution in [2.75, 3.05) is 6.54 Å². The second-order valence-corrected chi connectivity index (χ2v) is 8.32. The summed E-state index contributed by atoms with van der Waals surface area (Å²) in [7, 11) is 0. The Balaban J connectivity index is 1.48. The highest BCUT2D eigenvalue weighted by Gasteiger charge is 2.30. The Hall–Kier alpha value is -3.99. The fourth-order valence-electron chi connectivity index (χ4n) is 4.64. The third-order valence-corrected chi connectivity index (χ3v) is 6.19. The van der Waals surface area contributed by atoms with Crippen molar-refractivity contribution in [2.45, 2.75) is 25.7 Å². The van der Waals surface area contributed by atoms with E-state index in [0.717, 1.165) is 35.3 Å². The van der Waals surface area contributed by atoms with E-state index < -0.39 is 0 Å². The largest absolute Gasteiger partial charge is 0.384 e. The van der Waals surface area contributed by atoms with Crippen molar-refractivity contribution in [1.29, 1.82) is 0 Å². The van der Waals surface area contributed by atoms with Crippen LogP contribution in [0.1, 0.15) is 36.2 Å². The highest BCUT2D eigenvalue weighted by Crippen LogP contribution is 2.39. The van der Waals surface area contributed by atoms with Gasteiger partial charge in [0, 0.05) is 47.3 Å². The van der Waals surface area contributed by atoms with Gasteiger partial charge in [-0.2, -0.15) is 0 Å². The molecule has 1 aliphatic carbocycles. The Kier molecular flexibility index (Phi) is 5.85. The fourth-order valence-corrected chi connectivity index (χ4v) is 4.64. The van der Waals surface area contributed by atoms with Crippen LogP contribution in [0.25, 0.3) is 16.5 Å². The van der Waals surface area contributed by atoms with Crippen LogP contribution in [0.4, 0.5) is 0 Å². The minimum Gasteiger partial charge on any atom is -0.384 e. The minimum atomic E-state index is -0.181. The molecule has 1 aliphatic rings. The number of nitrogens with zero attached hydrogens (tertiary/aromatic N) is 2. The van der Waals surface area contributed by atoms with Gasteiger partial charge in [-0.05, 0) is 54.7 Å². The van der Waals surface area contributed by atoms with Crippen LogP contribution in [0.15, 0.2) is 96.6 Å². The third kappa shape index (κ3) is 4.35. The summed E-state index contributed by atoms with van der Waals surface area (Å²) in [6.45, 7) is 2.35. The zero-order chi connectivity index (χ0) is 22.6. The molecule has 1 unspecified atom stereocenters. The zero-order valence-electron chi connectivity index (χ0n) is 18.6. The van der Waals surface area contributed by atoms with Crippen molar-refractivity contribution in [3.8, 4) is 0 Å². The van der Waals surface area contributed by atoms with Gasteiger partial charge >= 0.3 is 0 Å². The molecule has 0 amide bonds. The molecule has 0 saturated heterocycles. The molecule has 0 fully saturated rings. The number of rotatable bonds is 7. The van der Waals surface area contributed by atoms with Crippen LogP contribution < -0.4 is 5.32 Å². The molecule has 2 heterocycles. The SMILES string of the molecule is CC(=O)C1=C(NCCc2c[nH]c3ccccc23)C=C(c2ccccc2)CC1c1ncccn1. The van der Waals surface area contributed by atoms with Crippen molar-refractivity contribution in [3.05, 3.63) is 114 Å². The first-order valence-electron chi connectivity index (χ1n) is 11.3. The van der Waals surface area contributed by atoms with E-state index in [1.54, 1.807) is 25.4 Å². The van der Waals surface area contributed by atoms with Crippen molar-refractivity contribution in [1.82, 2.24) is 20.3 Å². The first kappa shape index (κ1) is 20.9. The molecule has 5 heteroatoms. The molecule has 2 aromatic heterocycles. The van der Waals surface area contributed by atoms with E-state index in [1.807, 2.05) is 24.3 Å². The van der Waals surface area contributed by atoms with Crippen LogP contribution >= 0.6 is 0 Å². The first-order valence-corrected chi connectivity index (χ1v) is 11.3. The van der Waals surface area contributed by atoms with Gasteiger partial charge in [0.25, 0.3) is 0 Å². The third-order valence-electron chi connectivity index (χ3n) is 6.19. The number of aromatic nitrogens is 3. The Labute approximate surface area is 193 Å². The van der Waals surface area contributed by atoms with E-state index in [1.165, 1.54) is 16.5 Å². The Bertz CT molecular complexity index is 1340. The van der Waals surface area contributed by atoms with E-state index in [0.29, 0.717) is 12.2 Å². The second kappa shape index (κ2) is 9.25. The van der Waals surface area contributed by atoms with Crippen LogP contribution in [0.3, 0.4) is 0 Å². The van der Waals surface area contributed by atoms with Crippen LogP contribution in [-0.2, 0) is 11.2 Å². The molecule has 1 atom stereocenters. The van der Waals surface area contributed by atoms with Crippen LogP contribution in [-0.4, -0.2) is 27.3 Å². The van der Waals surface area contributed by atoms with E-state index >= 15 is 0 Å². The fraction of sp³-hybridized carbons (Fsp3) is 0.179. The molecule has 0 bridgehead atoms. The number of hydrogen-bond donors (Lipinski definition) is 2. The summed E-state index contributed by atoms with van der Waals surface area (Å²) in [5, 5.41) is 4.80. The molecule has 5 nitrogen and oxygen atoms in total. The molecule has 164 valence electrons. The summed E-state index contributed by atoms with van der Waals surface area (Å²) >= 11 is 0. The lowest BCUT2D eigenvalue weighted by Crippen LogP contribution is -2.26. The minimum absolute atomic E-state index is 0.0467. The van der Waals surface area contributed by atoms with Gasteiger partial charge in [-0.25, -0.2) is 9.97 Å². The van der Waals surface area contributed by atoms with Crippen molar-refractivity contribution < 1.29 is 4.79 Å². The quantitative estimate of drug-likeness (QED) is 0.419. The average Bonchev–Trinajstić information content (AvgIpc) is 3.27. The Morgan fingerprint density at radius 1 is 1.03 bits per heavy atom. The monoisotopic (exact) mass is 434 g/mol. The lowest BCUT2D eigenvalue weighted by molar-refractivity contribution is -0.114. The molecule has 5 rings (SSSR count).